The molecule has 21 heavy (non-hydrogen) atoms. The second-order valence-corrected chi connectivity index (χ2v) is 4.24. The Morgan fingerprint density at radius 2 is 2.00 bits per heavy atom. The number of furan rings is 1. The first-order valence-corrected chi connectivity index (χ1v) is 6.11. The van der Waals surface area contributed by atoms with Crippen LogP contribution in [-0.4, -0.2) is 18.9 Å². The molecule has 0 aliphatic carbocycles. The van der Waals surface area contributed by atoms with Crippen molar-refractivity contribution in [3.63, 3.8) is 0 Å². The molecule has 0 spiro atoms. The minimum atomic E-state index is -0.644. The van der Waals surface area contributed by atoms with Gasteiger partial charge in [0.05, 0.1) is 12.7 Å². The number of benzene rings is 1. The molecule has 0 fully saturated rings. The molecule has 0 radical (unpaired) electrons. The molecule has 0 aliphatic heterocycles. The van der Waals surface area contributed by atoms with Crippen molar-refractivity contribution in [2.75, 3.05) is 7.11 Å². The topological polar surface area (TPSA) is 65.7 Å². The van der Waals surface area contributed by atoms with E-state index in [4.69, 9.17) is 9.15 Å². The number of carbonyl (C=O) groups is 2. The third-order valence-electron chi connectivity index (χ3n) is 2.75. The van der Waals surface area contributed by atoms with Gasteiger partial charge in [0.1, 0.15) is 23.9 Å². The van der Waals surface area contributed by atoms with E-state index < -0.39 is 11.8 Å². The van der Waals surface area contributed by atoms with Crippen molar-refractivity contribution in [2.45, 2.75) is 13.5 Å². The average Bonchev–Trinajstić information content (AvgIpc) is 2.92. The number of hydrogen-bond acceptors (Lipinski definition) is 5. The Morgan fingerprint density at radius 3 is 2.62 bits per heavy atom. The van der Waals surface area contributed by atoms with E-state index in [9.17, 15) is 14.0 Å². The highest BCUT2D eigenvalue weighted by molar-refractivity contribution is 5.94. The fourth-order valence-corrected chi connectivity index (χ4v) is 1.69. The molecule has 0 amide bonds. The summed E-state index contributed by atoms with van der Waals surface area (Å²) < 4.78 is 28.6. The predicted octanol–water partition coefficient (Wildman–Crippen LogP) is 2.99. The molecule has 110 valence electrons. The van der Waals surface area contributed by atoms with Gasteiger partial charge in [-0.05, 0) is 31.2 Å². The van der Waals surface area contributed by atoms with Gasteiger partial charge in [0.25, 0.3) is 0 Å². The number of Topliss-reactive ketones (excluding diaryl/α,β-unsaturated/α-hetero) is 1. The highest BCUT2D eigenvalue weighted by Crippen LogP contribution is 2.19. The van der Waals surface area contributed by atoms with Gasteiger partial charge in [-0.25, -0.2) is 9.18 Å². The van der Waals surface area contributed by atoms with Crippen LogP contribution in [0.3, 0.4) is 0 Å². The normalized spacial score (nSPS) is 10.2. The molecule has 0 N–H and O–H groups in total. The minimum absolute atomic E-state index is 0.00771. The molecule has 0 bridgehead atoms. The molecule has 6 heteroatoms. The van der Waals surface area contributed by atoms with Crippen molar-refractivity contribution in [1.29, 1.82) is 0 Å². The zero-order chi connectivity index (χ0) is 15.4. The van der Waals surface area contributed by atoms with E-state index in [0.29, 0.717) is 5.76 Å². The second kappa shape index (κ2) is 6.21. The van der Waals surface area contributed by atoms with E-state index in [1.165, 1.54) is 32.2 Å². The maximum atomic E-state index is 13.6. The zero-order valence-corrected chi connectivity index (χ0v) is 11.5. The maximum absolute atomic E-state index is 13.6. The maximum Gasteiger partial charge on any atom is 0.373 e. The standard InChI is InChI=1S/C15H13FO5/c1-9(17)12-5-3-10(7-13(12)16)20-8-11-4-6-14(21-11)15(18)19-2/h3-7H,8H2,1-2H3. The first kappa shape index (κ1) is 14.8. The molecule has 2 rings (SSSR count). The number of ketones is 1. The van der Waals surface area contributed by atoms with Crippen molar-refractivity contribution < 1.29 is 27.9 Å². The molecule has 0 atom stereocenters. The molecule has 0 aliphatic rings. The van der Waals surface area contributed by atoms with Gasteiger partial charge in [0.2, 0.25) is 5.76 Å². The summed E-state index contributed by atoms with van der Waals surface area (Å²) in [5.41, 5.74) is 0.00771. The Hall–Kier alpha value is -2.63. The molecule has 0 saturated carbocycles. The molecule has 1 heterocycles. The van der Waals surface area contributed by atoms with Crippen molar-refractivity contribution >= 4 is 11.8 Å². The van der Waals surface area contributed by atoms with E-state index in [-0.39, 0.29) is 29.5 Å². The number of esters is 1. The zero-order valence-electron chi connectivity index (χ0n) is 11.5. The van der Waals surface area contributed by atoms with Crippen LogP contribution in [0.4, 0.5) is 4.39 Å². The molecule has 1 aromatic heterocycles. The highest BCUT2D eigenvalue weighted by Gasteiger charge is 2.12. The Labute approximate surface area is 120 Å². The molecule has 2 aromatic rings. The third kappa shape index (κ3) is 3.47. The number of halogens is 1. The smallest absolute Gasteiger partial charge is 0.373 e. The monoisotopic (exact) mass is 292 g/mol. The summed E-state index contributed by atoms with van der Waals surface area (Å²) in [6, 6.07) is 7.00. The van der Waals surface area contributed by atoms with Crippen molar-refractivity contribution in [3.05, 3.63) is 53.2 Å². The van der Waals surface area contributed by atoms with Crippen LogP contribution in [0.1, 0.15) is 33.6 Å². The van der Waals surface area contributed by atoms with Gasteiger partial charge in [-0.2, -0.15) is 0 Å². The van der Waals surface area contributed by atoms with Gasteiger partial charge < -0.3 is 13.9 Å². The molecule has 0 saturated heterocycles. The Kier molecular flexibility index (Phi) is 4.37. The van der Waals surface area contributed by atoms with Gasteiger partial charge in [-0.1, -0.05) is 0 Å². The lowest BCUT2D eigenvalue weighted by molar-refractivity contribution is 0.0561. The number of rotatable bonds is 5. The summed E-state index contributed by atoms with van der Waals surface area (Å²) in [5, 5.41) is 0. The van der Waals surface area contributed by atoms with Crippen LogP contribution in [0.25, 0.3) is 0 Å². The summed E-state index contributed by atoms with van der Waals surface area (Å²) in [6.07, 6.45) is 0. The van der Waals surface area contributed by atoms with Crippen LogP contribution in [0, 0.1) is 5.82 Å². The van der Waals surface area contributed by atoms with E-state index in [1.807, 2.05) is 0 Å². The number of methoxy groups -OCH3 is 1. The molecular formula is C15H13FO5. The van der Waals surface area contributed by atoms with Crippen molar-refractivity contribution in [3.8, 4) is 5.75 Å². The van der Waals surface area contributed by atoms with Crippen LogP contribution in [0.15, 0.2) is 34.7 Å². The molecule has 5 nitrogen and oxygen atoms in total. The second-order valence-electron chi connectivity index (χ2n) is 4.24. The molecule has 1 aromatic carbocycles. The molecular weight excluding hydrogens is 279 g/mol. The van der Waals surface area contributed by atoms with E-state index in [2.05, 4.69) is 4.74 Å². The molecule has 0 unspecified atom stereocenters. The van der Waals surface area contributed by atoms with Crippen LogP contribution < -0.4 is 4.74 Å². The van der Waals surface area contributed by atoms with Crippen LogP contribution in [0.5, 0.6) is 5.75 Å². The van der Waals surface area contributed by atoms with Crippen LogP contribution in [0.2, 0.25) is 0 Å². The lowest BCUT2D eigenvalue weighted by atomic mass is 10.1. The number of ether oxygens (including phenoxy) is 2. The first-order chi connectivity index (χ1) is 10.0. The Morgan fingerprint density at radius 1 is 1.24 bits per heavy atom. The lowest BCUT2D eigenvalue weighted by Gasteiger charge is -2.06. The summed E-state index contributed by atoms with van der Waals surface area (Å²) in [7, 11) is 1.25. The van der Waals surface area contributed by atoms with Crippen LogP contribution >= 0.6 is 0 Å². The van der Waals surface area contributed by atoms with E-state index >= 15 is 0 Å². The lowest BCUT2D eigenvalue weighted by Crippen LogP contribution is -2.00. The summed E-state index contributed by atoms with van der Waals surface area (Å²) in [5.74, 6) is -0.866. The average molecular weight is 292 g/mol. The fraction of sp³-hybridized carbons (Fsp3) is 0.200. The van der Waals surface area contributed by atoms with Gasteiger partial charge in [0.15, 0.2) is 5.78 Å². The van der Waals surface area contributed by atoms with Crippen molar-refractivity contribution in [2.24, 2.45) is 0 Å². The van der Waals surface area contributed by atoms with Gasteiger partial charge in [-0.3, -0.25) is 4.79 Å². The largest absolute Gasteiger partial charge is 0.486 e. The minimum Gasteiger partial charge on any atom is -0.486 e. The van der Waals surface area contributed by atoms with Gasteiger partial charge in [0, 0.05) is 6.07 Å². The highest BCUT2D eigenvalue weighted by atomic mass is 19.1. The van der Waals surface area contributed by atoms with Crippen LogP contribution in [-0.2, 0) is 11.3 Å². The van der Waals surface area contributed by atoms with E-state index in [1.54, 1.807) is 6.07 Å². The van der Waals surface area contributed by atoms with Gasteiger partial charge >= 0.3 is 5.97 Å². The summed E-state index contributed by atoms with van der Waals surface area (Å²) in [4.78, 5) is 22.3. The fourth-order valence-electron chi connectivity index (χ4n) is 1.69. The van der Waals surface area contributed by atoms with E-state index in [0.717, 1.165) is 6.07 Å². The number of hydrogen-bond donors (Lipinski definition) is 0. The summed E-state index contributed by atoms with van der Waals surface area (Å²) >= 11 is 0. The first-order valence-electron chi connectivity index (χ1n) is 6.11. The number of carbonyl (C=O) groups excluding carboxylic acids is 2. The van der Waals surface area contributed by atoms with Gasteiger partial charge in [-0.15, -0.1) is 0 Å². The predicted molar refractivity (Wildman–Crippen MR) is 70.8 cm³/mol. The quantitative estimate of drug-likeness (QED) is 0.626. The summed E-state index contributed by atoms with van der Waals surface area (Å²) in [6.45, 7) is 1.31. The Balaban J connectivity index is 2.03. The third-order valence-corrected chi connectivity index (χ3v) is 2.75. The van der Waals surface area contributed by atoms with Crippen molar-refractivity contribution in [1.82, 2.24) is 0 Å². The Bertz CT molecular complexity index is 674. The SMILES string of the molecule is COC(=O)c1ccc(COc2ccc(C(C)=O)c(F)c2)o1.